The fraction of sp³-hybridized carbons (Fsp3) is 0.417. The number of rotatable bonds is 3. The topological polar surface area (TPSA) is 76.4 Å². The van der Waals surface area contributed by atoms with Crippen LogP contribution in [0.2, 0.25) is 0 Å². The van der Waals surface area contributed by atoms with Gasteiger partial charge in [-0.1, -0.05) is 0 Å². The van der Waals surface area contributed by atoms with E-state index in [1.54, 1.807) is 24.3 Å². The van der Waals surface area contributed by atoms with E-state index in [4.69, 9.17) is 5.26 Å². The molecule has 0 spiro atoms. The fourth-order valence-corrected chi connectivity index (χ4v) is 3.31. The van der Waals surface area contributed by atoms with Crippen molar-refractivity contribution in [2.75, 3.05) is 37.5 Å². The van der Waals surface area contributed by atoms with Crippen molar-refractivity contribution in [3.8, 4) is 6.07 Å². The van der Waals surface area contributed by atoms with Gasteiger partial charge in [0.15, 0.2) is 0 Å². The zero-order valence-corrected chi connectivity index (χ0v) is 11.5. The first-order valence-corrected chi connectivity index (χ1v) is 7.40. The highest BCUT2D eigenvalue weighted by Crippen LogP contribution is 2.19. The fourth-order valence-electron chi connectivity index (χ4n) is 1.93. The van der Waals surface area contributed by atoms with Crippen molar-refractivity contribution < 1.29 is 8.42 Å². The van der Waals surface area contributed by atoms with Gasteiger partial charge in [0, 0.05) is 33.2 Å². The Hall–Kier alpha value is -1.62. The highest BCUT2D eigenvalue weighted by molar-refractivity contribution is 7.90. The highest BCUT2D eigenvalue weighted by atomic mass is 32.2. The van der Waals surface area contributed by atoms with Gasteiger partial charge in [-0.3, -0.25) is 4.31 Å². The van der Waals surface area contributed by atoms with E-state index < -0.39 is 10.2 Å². The van der Waals surface area contributed by atoms with Crippen molar-refractivity contribution in [3.05, 3.63) is 29.8 Å². The van der Waals surface area contributed by atoms with E-state index >= 15 is 0 Å². The number of hydrogen-bond donors (Lipinski definition) is 1. The van der Waals surface area contributed by atoms with E-state index in [9.17, 15) is 8.42 Å². The van der Waals surface area contributed by atoms with Crippen LogP contribution >= 0.6 is 0 Å². The number of benzene rings is 1. The van der Waals surface area contributed by atoms with Crippen LogP contribution in [-0.4, -0.2) is 45.9 Å². The SMILES string of the molecule is CN(c1ccc(C#N)cc1)S(=O)(=O)N1CCNCC1. The average molecular weight is 280 g/mol. The monoisotopic (exact) mass is 280 g/mol. The highest BCUT2D eigenvalue weighted by Gasteiger charge is 2.28. The molecule has 1 fully saturated rings. The van der Waals surface area contributed by atoms with Crippen molar-refractivity contribution >= 4 is 15.9 Å². The second-order valence-corrected chi connectivity index (χ2v) is 6.24. The minimum atomic E-state index is -3.49. The molecule has 1 saturated heterocycles. The first-order chi connectivity index (χ1) is 9.05. The Morgan fingerprint density at radius 1 is 1.26 bits per heavy atom. The Labute approximate surface area is 113 Å². The lowest BCUT2D eigenvalue weighted by atomic mass is 10.2. The summed E-state index contributed by atoms with van der Waals surface area (Å²) in [5.74, 6) is 0. The van der Waals surface area contributed by atoms with Crippen LogP contribution in [-0.2, 0) is 10.2 Å². The van der Waals surface area contributed by atoms with E-state index in [0.29, 0.717) is 37.4 Å². The van der Waals surface area contributed by atoms with Crippen molar-refractivity contribution in [1.82, 2.24) is 9.62 Å². The lowest BCUT2D eigenvalue weighted by molar-refractivity contribution is 0.359. The molecule has 1 aromatic rings. The van der Waals surface area contributed by atoms with Gasteiger partial charge in [0.1, 0.15) is 0 Å². The van der Waals surface area contributed by atoms with Gasteiger partial charge in [0.05, 0.1) is 17.3 Å². The minimum absolute atomic E-state index is 0.475. The zero-order chi connectivity index (χ0) is 13.9. The molecule has 1 N–H and O–H groups in total. The van der Waals surface area contributed by atoms with Crippen molar-refractivity contribution in [2.45, 2.75) is 0 Å². The Morgan fingerprint density at radius 2 is 1.84 bits per heavy atom. The molecule has 0 radical (unpaired) electrons. The van der Waals surface area contributed by atoms with Gasteiger partial charge in [0.25, 0.3) is 0 Å². The van der Waals surface area contributed by atoms with E-state index in [1.165, 1.54) is 15.7 Å². The molecule has 0 atom stereocenters. The molecule has 1 aliphatic heterocycles. The van der Waals surface area contributed by atoms with Crippen LogP contribution in [0, 0.1) is 11.3 Å². The zero-order valence-electron chi connectivity index (χ0n) is 10.7. The first-order valence-electron chi connectivity index (χ1n) is 6.00. The molecule has 0 aliphatic carbocycles. The van der Waals surface area contributed by atoms with Crippen LogP contribution in [0.3, 0.4) is 0 Å². The molecule has 1 aliphatic rings. The summed E-state index contributed by atoms with van der Waals surface area (Å²) in [5.41, 5.74) is 1.06. The lowest BCUT2D eigenvalue weighted by Gasteiger charge is -2.31. The quantitative estimate of drug-likeness (QED) is 0.854. The molecule has 0 aromatic heterocycles. The molecular formula is C12H16N4O2S. The molecule has 0 unspecified atom stereocenters. The molecule has 2 rings (SSSR count). The van der Waals surface area contributed by atoms with Gasteiger partial charge in [-0.15, -0.1) is 0 Å². The van der Waals surface area contributed by atoms with Crippen LogP contribution in [0.15, 0.2) is 24.3 Å². The molecule has 0 bridgehead atoms. The summed E-state index contributed by atoms with van der Waals surface area (Å²) in [6.45, 7) is 2.28. The van der Waals surface area contributed by atoms with Crippen LogP contribution in [0.4, 0.5) is 5.69 Å². The predicted molar refractivity (Wildman–Crippen MR) is 72.9 cm³/mol. The number of nitrogens with one attached hydrogen (secondary N) is 1. The van der Waals surface area contributed by atoms with Gasteiger partial charge in [0.2, 0.25) is 0 Å². The summed E-state index contributed by atoms with van der Waals surface area (Å²) in [6, 6.07) is 8.50. The van der Waals surface area contributed by atoms with E-state index in [2.05, 4.69) is 5.32 Å². The molecule has 1 heterocycles. The van der Waals surface area contributed by atoms with E-state index in [-0.39, 0.29) is 0 Å². The number of hydrogen-bond acceptors (Lipinski definition) is 4. The predicted octanol–water partition coefficient (Wildman–Crippen LogP) is 0.144. The summed E-state index contributed by atoms with van der Waals surface area (Å²) in [7, 11) is -1.96. The summed E-state index contributed by atoms with van der Waals surface area (Å²) < 4.78 is 27.5. The lowest BCUT2D eigenvalue weighted by Crippen LogP contribution is -2.51. The number of anilines is 1. The third-order valence-electron chi connectivity index (χ3n) is 3.11. The van der Waals surface area contributed by atoms with E-state index in [1.807, 2.05) is 6.07 Å². The smallest absolute Gasteiger partial charge is 0.303 e. The maximum Gasteiger partial charge on any atom is 0.303 e. The Bertz CT molecular complexity index is 571. The minimum Gasteiger partial charge on any atom is -0.314 e. The second kappa shape index (κ2) is 5.57. The third-order valence-corrected chi connectivity index (χ3v) is 5.03. The van der Waals surface area contributed by atoms with E-state index in [0.717, 1.165) is 0 Å². The number of piperazine rings is 1. The van der Waals surface area contributed by atoms with Gasteiger partial charge in [-0.2, -0.15) is 18.0 Å². The Balaban J connectivity index is 2.21. The summed E-state index contributed by atoms with van der Waals surface area (Å²) in [6.07, 6.45) is 0. The molecule has 0 amide bonds. The molecule has 6 nitrogen and oxygen atoms in total. The summed E-state index contributed by atoms with van der Waals surface area (Å²) in [5, 5.41) is 11.9. The molecule has 0 saturated carbocycles. The second-order valence-electron chi connectivity index (χ2n) is 4.28. The van der Waals surface area contributed by atoms with Gasteiger partial charge >= 0.3 is 10.2 Å². The normalized spacial score (nSPS) is 16.8. The van der Waals surface area contributed by atoms with Crippen LogP contribution in [0.25, 0.3) is 0 Å². The number of nitriles is 1. The Morgan fingerprint density at radius 3 is 2.37 bits per heavy atom. The average Bonchev–Trinajstić information content (AvgIpc) is 2.47. The molecule has 1 aromatic carbocycles. The van der Waals surface area contributed by atoms with Crippen molar-refractivity contribution in [1.29, 1.82) is 5.26 Å². The van der Waals surface area contributed by atoms with Crippen molar-refractivity contribution in [2.24, 2.45) is 0 Å². The van der Waals surface area contributed by atoms with Gasteiger partial charge in [-0.05, 0) is 24.3 Å². The molecule has 7 heteroatoms. The number of nitrogens with zero attached hydrogens (tertiary/aromatic N) is 3. The van der Waals surface area contributed by atoms with Crippen LogP contribution < -0.4 is 9.62 Å². The maximum absolute atomic E-state index is 12.4. The van der Waals surface area contributed by atoms with Crippen LogP contribution in [0.1, 0.15) is 5.56 Å². The Kier molecular flexibility index (Phi) is 4.04. The van der Waals surface area contributed by atoms with Crippen molar-refractivity contribution in [3.63, 3.8) is 0 Å². The standard InChI is InChI=1S/C12H16N4O2S/c1-15(12-4-2-11(10-13)3-5-12)19(17,18)16-8-6-14-7-9-16/h2-5,14H,6-9H2,1H3. The third kappa shape index (κ3) is 2.87. The van der Waals surface area contributed by atoms with Gasteiger partial charge in [-0.25, -0.2) is 0 Å². The largest absolute Gasteiger partial charge is 0.314 e. The summed E-state index contributed by atoms with van der Waals surface area (Å²) >= 11 is 0. The first kappa shape index (κ1) is 13.8. The molecular weight excluding hydrogens is 264 g/mol. The molecule has 102 valence electrons. The molecule has 19 heavy (non-hydrogen) atoms. The maximum atomic E-state index is 12.4. The van der Waals surface area contributed by atoms with Crippen LogP contribution in [0.5, 0.6) is 0 Å². The summed E-state index contributed by atoms with van der Waals surface area (Å²) in [4.78, 5) is 0. The van der Waals surface area contributed by atoms with Gasteiger partial charge < -0.3 is 5.32 Å².